The molecule has 0 aliphatic rings. The van der Waals surface area contributed by atoms with E-state index in [1.54, 1.807) is 0 Å². The Morgan fingerprint density at radius 2 is 1.85 bits per heavy atom. The molecule has 0 unspecified atom stereocenters. The maximum absolute atomic E-state index is 12.2. The molecule has 0 heterocycles. The van der Waals surface area contributed by atoms with Crippen LogP contribution in [0.3, 0.4) is 0 Å². The normalized spacial score (nSPS) is 10.4. The summed E-state index contributed by atoms with van der Waals surface area (Å²) >= 11 is 11.8. The number of anilines is 2. The molecule has 0 aliphatic heterocycles. The van der Waals surface area contributed by atoms with Crippen molar-refractivity contribution < 1.29 is 4.79 Å². The van der Waals surface area contributed by atoms with E-state index in [9.17, 15) is 4.79 Å². The van der Waals surface area contributed by atoms with Gasteiger partial charge in [0.05, 0.1) is 15.7 Å². The number of rotatable bonds is 2. The number of nitrogen functional groups attached to an aromatic ring is 1. The number of aryl methyl sites for hydroxylation is 2. The lowest BCUT2D eigenvalue weighted by Gasteiger charge is -2.10. The molecular weight excluding hydrogens is 295 g/mol. The quantitative estimate of drug-likeness (QED) is 0.806. The molecule has 0 radical (unpaired) electrons. The Kier molecular flexibility index (Phi) is 4.21. The summed E-state index contributed by atoms with van der Waals surface area (Å²) in [6.07, 6.45) is 0. The first-order chi connectivity index (χ1) is 9.38. The van der Waals surface area contributed by atoms with Crippen molar-refractivity contribution in [1.82, 2.24) is 0 Å². The summed E-state index contributed by atoms with van der Waals surface area (Å²) in [5, 5.41) is 3.35. The van der Waals surface area contributed by atoms with E-state index in [1.165, 1.54) is 12.1 Å². The Morgan fingerprint density at radius 3 is 2.45 bits per heavy atom. The van der Waals surface area contributed by atoms with Crippen LogP contribution in [0.4, 0.5) is 11.4 Å². The number of amides is 1. The number of carbonyl (C=O) groups is 1. The Labute approximate surface area is 127 Å². The van der Waals surface area contributed by atoms with Gasteiger partial charge in [0, 0.05) is 11.3 Å². The van der Waals surface area contributed by atoms with Crippen LogP contribution in [0.25, 0.3) is 0 Å². The fourth-order valence-electron chi connectivity index (χ4n) is 1.89. The van der Waals surface area contributed by atoms with Crippen LogP contribution in [0, 0.1) is 13.8 Å². The lowest BCUT2D eigenvalue weighted by atomic mass is 10.1. The third-order valence-electron chi connectivity index (χ3n) is 2.95. The van der Waals surface area contributed by atoms with Gasteiger partial charge in [-0.15, -0.1) is 0 Å². The van der Waals surface area contributed by atoms with Crippen molar-refractivity contribution in [3.8, 4) is 0 Å². The highest BCUT2D eigenvalue weighted by molar-refractivity contribution is 6.44. The smallest absolute Gasteiger partial charge is 0.255 e. The van der Waals surface area contributed by atoms with Crippen LogP contribution in [0.1, 0.15) is 21.5 Å². The van der Waals surface area contributed by atoms with Gasteiger partial charge in [0.15, 0.2) is 0 Å². The monoisotopic (exact) mass is 308 g/mol. The molecule has 0 aromatic heterocycles. The van der Waals surface area contributed by atoms with Gasteiger partial charge in [0.25, 0.3) is 5.91 Å². The number of nitrogens with one attached hydrogen (secondary N) is 1. The SMILES string of the molecule is Cc1ccc(NC(=O)c2cc(N)c(Cl)c(Cl)c2)c(C)c1. The Morgan fingerprint density at radius 1 is 1.15 bits per heavy atom. The topological polar surface area (TPSA) is 55.1 Å². The summed E-state index contributed by atoms with van der Waals surface area (Å²) < 4.78 is 0. The fraction of sp³-hybridized carbons (Fsp3) is 0.133. The highest BCUT2D eigenvalue weighted by atomic mass is 35.5. The van der Waals surface area contributed by atoms with Crippen molar-refractivity contribution in [3.05, 3.63) is 57.1 Å². The Bertz CT molecular complexity index is 661. The van der Waals surface area contributed by atoms with E-state index in [1.807, 2.05) is 32.0 Å². The average Bonchev–Trinajstić information content (AvgIpc) is 2.38. The summed E-state index contributed by atoms with van der Waals surface area (Å²) in [7, 11) is 0. The van der Waals surface area contributed by atoms with Gasteiger partial charge in [0.2, 0.25) is 0 Å². The van der Waals surface area contributed by atoms with E-state index in [0.29, 0.717) is 5.56 Å². The predicted octanol–water partition coefficient (Wildman–Crippen LogP) is 4.44. The molecule has 2 rings (SSSR count). The number of carbonyl (C=O) groups excluding carboxylic acids is 1. The molecule has 0 spiro atoms. The molecular formula is C15H14Cl2N2O. The van der Waals surface area contributed by atoms with E-state index in [-0.39, 0.29) is 21.6 Å². The van der Waals surface area contributed by atoms with Crippen LogP contribution in [-0.4, -0.2) is 5.91 Å². The summed E-state index contributed by atoms with van der Waals surface area (Å²) in [4.78, 5) is 12.2. The molecule has 104 valence electrons. The number of nitrogens with two attached hydrogens (primary N) is 1. The molecule has 0 bridgehead atoms. The van der Waals surface area contributed by atoms with Crippen molar-refractivity contribution in [3.63, 3.8) is 0 Å². The van der Waals surface area contributed by atoms with E-state index in [4.69, 9.17) is 28.9 Å². The summed E-state index contributed by atoms with van der Waals surface area (Å²) in [6, 6.07) is 8.81. The van der Waals surface area contributed by atoms with Crippen LogP contribution >= 0.6 is 23.2 Å². The minimum atomic E-state index is -0.276. The summed E-state index contributed by atoms with van der Waals surface area (Å²) in [5.41, 5.74) is 9.25. The zero-order valence-corrected chi connectivity index (χ0v) is 12.6. The lowest BCUT2D eigenvalue weighted by molar-refractivity contribution is 0.102. The summed E-state index contributed by atoms with van der Waals surface area (Å²) in [6.45, 7) is 3.93. The molecule has 0 aliphatic carbocycles. The second kappa shape index (κ2) is 5.73. The molecule has 1 amide bonds. The standard InChI is InChI=1S/C15H14Cl2N2O/c1-8-3-4-13(9(2)5-8)19-15(20)10-6-11(16)14(17)12(18)7-10/h3-7H,18H2,1-2H3,(H,19,20). The van der Waals surface area contributed by atoms with Crippen molar-refractivity contribution in [2.75, 3.05) is 11.1 Å². The van der Waals surface area contributed by atoms with Gasteiger partial charge < -0.3 is 11.1 Å². The van der Waals surface area contributed by atoms with Crippen LogP contribution in [0.5, 0.6) is 0 Å². The first kappa shape index (κ1) is 14.7. The minimum absolute atomic E-state index is 0.259. The van der Waals surface area contributed by atoms with Gasteiger partial charge in [-0.25, -0.2) is 0 Å². The number of halogens is 2. The molecule has 0 saturated carbocycles. The van der Waals surface area contributed by atoms with Crippen LogP contribution < -0.4 is 11.1 Å². The average molecular weight is 309 g/mol. The third-order valence-corrected chi connectivity index (χ3v) is 3.77. The second-order valence-electron chi connectivity index (χ2n) is 4.63. The van der Waals surface area contributed by atoms with Gasteiger partial charge in [0.1, 0.15) is 0 Å². The molecule has 20 heavy (non-hydrogen) atoms. The maximum atomic E-state index is 12.2. The van der Waals surface area contributed by atoms with Crippen LogP contribution in [0.15, 0.2) is 30.3 Å². The molecule has 0 atom stereocenters. The zero-order valence-electron chi connectivity index (χ0n) is 11.1. The first-order valence-electron chi connectivity index (χ1n) is 6.01. The fourth-order valence-corrected chi connectivity index (χ4v) is 2.23. The molecule has 3 N–H and O–H groups in total. The van der Waals surface area contributed by atoms with Crippen LogP contribution in [0.2, 0.25) is 10.0 Å². The third kappa shape index (κ3) is 3.06. The molecule has 2 aromatic rings. The van der Waals surface area contributed by atoms with Gasteiger partial charge >= 0.3 is 0 Å². The number of hydrogen-bond donors (Lipinski definition) is 2. The minimum Gasteiger partial charge on any atom is -0.397 e. The first-order valence-corrected chi connectivity index (χ1v) is 6.77. The van der Waals surface area contributed by atoms with Crippen molar-refractivity contribution in [1.29, 1.82) is 0 Å². The van der Waals surface area contributed by atoms with Gasteiger partial charge in [-0.05, 0) is 37.6 Å². The van der Waals surface area contributed by atoms with Gasteiger partial charge in [-0.1, -0.05) is 40.9 Å². The van der Waals surface area contributed by atoms with Gasteiger partial charge in [-0.3, -0.25) is 4.79 Å². The molecule has 0 fully saturated rings. The molecule has 5 heteroatoms. The van der Waals surface area contributed by atoms with E-state index in [0.717, 1.165) is 16.8 Å². The van der Waals surface area contributed by atoms with Crippen molar-refractivity contribution in [2.45, 2.75) is 13.8 Å². The highest BCUT2D eigenvalue weighted by Gasteiger charge is 2.12. The Balaban J connectivity index is 2.28. The van der Waals surface area contributed by atoms with Crippen molar-refractivity contribution in [2.24, 2.45) is 0 Å². The second-order valence-corrected chi connectivity index (χ2v) is 5.42. The lowest BCUT2D eigenvalue weighted by Crippen LogP contribution is -2.13. The van der Waals surface area contributed by atoms with Gasteiger partial charge in [-0.2, -0.15) is 0 Å². The predicted molar refractivity (Wildman–Crippen MR) is 84.7 cm³/mol. The van der Waals surface area contributed by atoms with E-state index >= 15 is 0 Å². The number of hydrogen-bond acceptors (Lipinski definition) is 2. The number of benzene rings is 2. The zero-order chi connectivity index (χ0) is 14.9. The van der Waals surface area contributed by atoms with E-state index in [2.05, 4.69) is 5.32 Å². The van der Waals surface area contributed by atoms with Crippen LogP contribution in [-0.2, 0) is 0 Å². The molecule has 2 aromatic carbocycles. The maximum Gasteiger partial charge on any atom is 0.255 e. The Hall–Kier alpha value is -1.71. The highest BCUT2D eigenvalue weighted by Crippen LogP contribution is 2.29. The molecule has 0 saturated heterocycles. The van der Waals surface area contributed by atoms with Crippen molar-refractivity contribution >= 4 is 40.5 Å². The summed E-state index contributed by atoms with van der Waals surface area (Å²) in [5.74, 6) is -0.276. The molecule has 3 nitrogen and oxygen atoms in total. The van der Waals surface area contributed by atoms with E-state index < -0.39 is 0 Å². The largest absolute Gasteiger partial charge is 0.397 e.